The minimum absolute atomic E-state index is 0.219. The lowest BCUT2D eigenvalue weighted by molar-refractivity contribution is -0.124. The summed E-state index contributed by atoms with van der Waals surface area (Å²) in [6.07, 6.45) is 3.04. The van der Waals surface area contributed by atoms with Crippen LogP contribution in [0.5, 0.6) is 0 Å². The number of halogens is 1. The van der Waals surface area contributed by atoms with Crippen molar-refractivity contribution in [3.05, 3.63) is 28.5 Å². The standard InChI is InChI=1S/C13H18BrN3O2/c1-8(11(18)17-13(2,3)4)16-12(19)9-5-10(14)7-15-6-9/h5-8H,1-4H3,(H,16,19)(H,17,18). The van der Waals surface area contributed by atoms with E-state index in [9.17, 15) is 9.59 Å². The third kappa shape index (κ3) is 5.38. The maximum atomic E-state index is 11.9. The molecule has 0 fully saturated rings. The molecule has 0 aliphatic heterocycles. The van der Waals surface area contributed by atoms with Crippen LogP contribution in [0.2, 0.25) is 0 Å². The summed E-state index contributed by atoms with van der Waals surface area (Å²) in [4.78, 5) is 27.7. The Hall–Kier alpha value is -1.43. The molecule has 0 saturated carbocycles. The first kappa shape index (κ1) is 15.6. The molecule has 1 atom stereocenters. The average molecular weight is 328 g/mol. The maximum absolute atomic E-state index is 11.9. The maximum Gasteiger partial charge on any atom is 0.253 e. The Bertz CT molecular complexity index is 483. The van der Waals surface area contributed by atoms with Crippen LogP contribution in [0.4, 0.5) is 0 Å². The van der Waals surface area contributed by atoms with Crippen LogP contribution < -0.4 is 10.6 Å². The van der Waals surface area contributed by atoms with Gasteiger partial charge in [0.05, 0.1) is 5.56 Å². The minimum atomic E-state index is -0.606. The SMILES string of the molecule is CC(NC(=O)c1cncc(Br)c1)C(=O)NC(C)(C)C. The molecule has 2 N–H and O–H groups in total. The minimum Gasteiger partial charge on any atom is -0.350 e. The molecule has 104 valence electrons. The van der Waals surface area contributed by atoms with Crippen LogP contribution >= 0.6 is 15.9 Å². The monoisotopic (exact) mass is 327 g/mol. The fraction of sp³-hybridized carbons (Fsp3) is 0.462. The zero-order chi connectivity index (χ0) is 14.6. The Labute approximate surface area is 121 Å². The van der Waals surface area contributed by atoms with Crippen molar-refractivity contribution >= 4 is 27.7 Å². The second-order valence-electron chi connectivity index (χ2n) is 5.33. The number of nitrogens with zero attached hydrogens (tertiary/aromatic N) is 1. The van der Waals surface area contributed by atoms with Gasteiger partial charge in [0.2, 0.25) is 5.91 Å². The Balaban J connectivity index is 2.64. The van der Waals surface area contributed by atoms with E-state index < -0.39 is 6.04 Å². The van der Waals surface area contributed by atoms with Crippen LogP contribution in [0.3, 0.4) is 0 Å². The van der Waals surface area contributed by atoms with Gasteiger partial charge in [-0.3, -0.25) is 14.6 Å². The number of hydrogen-bond donors (Lipinski definition) is 2. The molecule has 5 nitrogen and oxygen atoms in total. The van der Waals surface area contributed by atoms with Gasteiger partial charge in [0.25, 0.3) is 5.91 Å². The molecule has 1 aromatic heterocycles. The number of pyridine rings is 1. The lowest BCUT2D eigenvalue weighted by Gasteiger charge is -2.23. The number of rotatable bonds is 3. The Kier molecular flexibility index (Phi) is 5.05. The smallest absolute Gasteiger partial charge is 0.253 e. The van der Waals surface area contributed by atoms with E-state index in [0.717, 1.165) is 0 Å². The molecule has 1 heterocycles. The van der Waals surface area contributed by atoms with Gasteiger partial charge in [0, 0.05) is 22.4 Å². The highest BCUT2D eigenvalue weighted by molar-refractivity contribution is 9.10. The van der Waals surface area contributed by atoms with Gasteiger partial charge >= 0.3 is 0 Å². The van der Waals surface area contributed by atoms with Crippen molar-refractivity contribution in [2.45, 2.75) is 39.3 Å². The number of carbonyl (C=O) groups is 2. The van der Waals surface area contributed by atoms with Crippen molar-refractivity contribution in [2.75, 3.05) is 0 Å². The summed E-state index contributed by atoms with van der Waals surface area (Å²) in [5.41, 5.74) is 0.0812. The lowest BCUT2D eigenvalue weighted by Crippen LogP contribution is -2.50. The van der Waals surface area contributed by atoms with Gasteiger partial charge in [-0.05, 0) is 49.7 Å². The van der Waals surface area contributed by atoms with Crippen LogP contribution in [-0.2, 0) is 4.79 Å². The van der Waals surface area contributed by atoms with Crippen molar-refractivity contribution in [1.82, 2.24) is 15.6 Å². The summed E-state index contributed by atoms with van der Waals surface area (Å²) in [6.45, 7) is 7.30. The summed E-state index contributed by atoms with van der Waals surface area (Å²) in [7, 11) is 0. The predicted octanol–water partition coefficient (Wildman–Crippen LogP) is 1.88. The van der Waals surface area contributed by atoms with E-state index >= 15 is 0 Å². The molecule has 0 aliphatic rings. The van der Waals surface area contributed by atoms with E-state index in [1.165, 1.54) is 6.20 Å². The molecule has 1 rings (SSSR count). The quantitative estimate of drug-likeness (QED) is 0.890. The van der Waals surface area contributed by atoms with Gasteiger partial charge < -0.3 is 10.6 Å². The van der Waals surface area contributed by atoms with E-state index in [1.807, 2.05) is 20.8 Å². The zero-order valence-corrected chi connectivity index (χ0v) is 13.0. The highest BCUT2D eigenvalue weighted by Gasteiger charge is 2.21. The van der Waals surface area contributed by atoms with Crippen molar-refractivity contribution < 1.29 is 9.59 Å². The van der Waals surface area contributed by atoms with Gasteiger partial charge in [-0.25, -0.2) is 0 Å². The Morgan fingerprint density at radius 3 is 2.47 bits per heavy atom. The largest absolute Gasteiger partial charge is 0.350 e. The highest BCUT2D eigenvalue weighted by Crippen LogP contribution is 2.09. The molecule has 2 amide bonds. The third-order valence-corrected chi connectivity index (χ3v) is 2.64. The van der Waals surface area contributed by atoms with Crippen molar-refractivity contribution in [1.29, 1.82) is 0 Å². The molecular formula is C13H18BrN3O2. The van der Waals surface area contributed by atoms with Crippen LogP contribution in [-0.4, -0.2) is 28.4 Å². The summed E-state index contributed by atoms with van der Waals surface area (Å²) < 4.78 is 0.715. The number of amides is 2. The van der Waals surface area contributed by atoms with E-state index in [0.29, 0.717) is 10.0 Å². The van der Waals surface area contributed by atoms with Crippen molar-refractivity contribution in [3.63, 3.8) is 0 Å². The molecular weight excluding hydrogens is 310 g/mol. The van der Waals surface area contributed by atoms with E-state index in [-0.39, 0.29) is 17.4 Å². The van der Waals surface area contributed by atoms with Gasteiger partial charge in [-0.2, -0.15) is 0 Å². The van der Waals surface area contributed by atoms with Crippen LogP contribution in [0, 0.1) is 0 Å². The van der Waals surface area contributed by atoms with Crippen molar-refractivity contribution in [3.8, 4) is 0 Å². The first-order chi connectivity index (χ1) is 8.69. The number of aromatic nitrogens is 1. The second-order valence-corrected chi connectivity index (χ2v) is 6.24. The molecule has 1 aromatic rings. The first-order valence-electron chi connectivity index (χ1n) is 5.92. The second kappa shape index (κ2) is 6.14. The predicted molar refractivity (Wildman–Crippen MR) is 76.8 cm³/mol. The first-order valence-corrected chi connectivity index (χ1v) is 6.72. The molecule has 6 heteroatoms. The summed E-state index contributed by atoms with van der Waals surface area (Å²) in [6, 6.07) is 1.04. The molecule has 0 spiro atoms. The fourth-order valence-corrected chi connectivity index (χ4v) is 1.72. The molecule has 0 aliphatic carbocycles. The van der Waals surface area contributed by atoms with E-state index in [2.05, 4.69) is 31.5 Å². The third-order valence-electron chi connectivity index (χ3n) is 2.21. The van der Waals surface area contributed by atoms with Gasteiger partial charge in [-0.1, -0.05) is 0 Å². The lowest BCUT2D eigenvalue weighted by atomic mass is 10.1. The van der Waals surface area contributed by atoms with E-state index in [4.69, 9.17) is 0 Å². The molecule has 19 heavy (non-hydrogen) atoms. The van der Waals surface area contributed by atoms with Crippen LogP contribution in [0.1, 0.15) is 38.1 Å². The topological polar surface area (TPSA) is 71.1 Å². The number of nitrogens with one attached hydrogen (secondary N) is 2. The van der Waals surface area contributed by atoms with Gasteiger partial charge in [-0.15, -0.1) is 0 Å². The summed E-state index contributed by atoms with van der Waals surface area (Å²) in [5, 5.41) is 5.44. The van der Waals surface area contributed by atoms with Crippen LogP contribution in [0.25, 0.3) is 0 Å². The molecule has 0 radical (unpaired) electrons. The Morgan fingerprint density at radius 1 is 1.32 bits per heavy atom. The summed E-state index contributed by atoms with van der Waals surface area (Å²) in [5.74, 6) is -0.547. The number of hydrogen-bond acceptors (Lipinski definition) is 3. The summed E-state index contributed by atoms with van der Waals surface area (Å²) >= 11 is 3.24. The Morgan fingerprint density at radius 2 is 1.95 bits per heavy atom. The molecule has 0 aromatic carbocycles. The average Bonchev–Trinajstić information content (AvgIpc) is 2.26. The fourth-order valence-electron chi connectivity index (χ4n) is 1.36. The van der Waals surface area contributed by atoms with Crippen LogP contribution in [0.15, 0.2) is 22.9 Å². The molecule has 0 saturated heterocycles. The van der Waals surface area contributed by atoms with Crippen molar-refractivity contribution in [2.24, 2.45) is 0 Å². The number of carbonyl (C=O) groups excluding carboxylic acids is 2. The van der Waals surface area contributed by atoms with Gasteiger partial charge in [0.15, 0.2) is 0 Å². The highest BCUT2D eigenvalue weighted by atomic mass is 79.9. The van der Waals surface area contributed by atoms with Gasteiger partial charge in [0.1, 0.15) is 6.04 Å². The molecule has 0 bridgehead atoms. The molecule has 1 unspecified atom stereocenters. The zero-order valence-electron chi connectivity index (χ0n) is 11.5. The van der Waals surface area contributed by atoms with E-state index in [1.54, 1.807) is 19.2 Å². The normalized spacial score (nSPS) is 12.7.